The monoisotopic (exact) mass is 346 g/mol. The Balaban J connectivity index is 1.87. The number of hydrogen-bond acceptors (Lipinski definition) is 3. The largest absolute Gasteiger partial charge is 0.441 e. The van der Waals surface area contributed by atoms with E-state index in [-0.39, 0.29) is 5.69 Å². The Kier molecular flexibility index (Phi) is 4.37. The third-order valence-corrected chi connectivity index (χ3v) is 3.76. The van der Waals surface area contributed by atoms with Crippen LogP contribution < -0.4 is 5.32 Å². The number of aryl methyl sites for hydroxylation is 1. The van der Waals surface area contributed by atoms with Crippen LogP contribution in [0.2, 0.25) is 10.0 Å². The molecule has 116 valence electrons. The van der Waals surface area contributed by atoms with Crippen LogP contribution in [0.15, 0.2) is 52.9 Å². The molecule has 0 unspecified atom stereocenters. The molecule has 0 aliphatic rings. The zero-order valence-corrected chi connectivity index (χ0v) is 13.7. The van der Waals surface area contributed by atoms with Gasteiger partial charge in [0.05, 0.1) is 10.7 Å². The second-order valence-corrected chi connectivity index (χ2v) is 5.71. The first-order valence-electron chi connectivity index (χ1n) is 6.84. The third-order valence-electron chi connectivity index (χ3n) is 3.21. The van der Waals surface area contributed by atoms with Gasteiger partial charge >= 0.3 is 0 Å². The molecule has 1 amide bonds. The summed E-state index contributed by atoms with van der Waals surface area (Å²) in [6.07, 6.45) is 0. The van der Waals surface area contributed by atoms with E-state index in [4.69, 9.17) is 27.6 Å². The molecule has 0 aliphatic heterocycles. The van der Waals surface area contributed by atoms with E-state index >= 15 is 0 Å². The summed E-state index contributed by atoms with van der Waals surface area (Å²) in [6, 6.07) is 14.2. The number of rotatable bonds is 3. The zero-order chi connectivity index (χ0) is 16.4. The second kappa shape index (κ2) is 6.44. The van der Waals surface area contributed by atoms with Crippen LogP contribution in [0, 0.1) is 6.92 Å². The molecule has 0 bridgehead atoms. The molecular weight excluding hydrogens is 335 g/mol. The molecular formula is C17H12Cl2N2O2. The highest BCUT2D eigenvalue weighted by Crippen LogP contribution is 2.27. The van der Waals surface area contributed by atoms with Gasteiger partial charge in [0.2, 0.25) is 5.89 Å². The number of hydrogen-bond donors (Lipinski definition) is 1. The van der Waals surface area contributed by atoms with E-state index in [9.17, 15) is 4.79 Å². The molecule has 0 saturated carbocycles. The van der Waals surface area contributed by atoms with E-state index in [0.29, 0.717) is 27.4 Å². The van der Waals surface area contributed by atoms with Gasteiger partial charge in [-0.3, -0.25) is 4.79 Å². The van der Waals surface area contributed by atoms with Crippen LogP contribution >= 0.6 is 23.2 Å². The molecule has 1 aromatic heterocycles. The molecule has 0 aliphatic carbocycles. The average molecular weight is 347 g/mol. The number of carbonyl (C=O) groups is 1. The lowest BCUT2D eigenvalue weighted by molar-refractivity contribution is 0.102. The molecule has 1 heterocycles. The Morgan fingerprint density at radius 3 is 2.57 bits per heavy atom. The lowest BCUT2D eigenvalue weighted by atomic mass is 10.2. The van der Waals surface area contributed by atoms with Gasteiger partial charge in [0.25, 0.3) is 5.91 Å². The molecule has 1 N–H and O–H groups in total. The van der Waals surface area contributed by atoms with Crippen molar-refractivity contribution in [3.8, 4) is 11.5 Å². The lowest BCUT2D eigenvalue weighted by Gasteiger charge is -2.05. The Bertz CT molecular complexity index is 860. The quantitative estimate of drug-likeness (QED) is 0.708. The molecule has 0 saturated heterocycles. The van der Waals surface area contributed by atoms with Crippen molar-refractivity contribution in [3.05, 3.63) is 70.0 Å². The average Bonchev–Trinajstić information content (AvgIpc) is 2.93. The maximum atomic E-state index is 12.4. The molecule has 0 fully saturated rings. The first-order valence-corrected chi connectivity index (χ1v) is 7.59. The summed E-state index contributed by atoms with van der Waals surface area (Å²) in [6.45, 7) is 1.69. The number of benzene rings is 2. The molecule has 23 heavy (non-hydrogen) atoms. The fraction of sp³-hybridized carbons (Fsp3) is 0.0588. The van der Waals surface area contributed by atoms with Gasteiger partial charge in [-0.25, -0.2) is 4.98 Å². The topological polar surface area (TPSA) is 55.1 Å². The van der Waals surface area contributed by atoms with Crippen LogP contribution in [-0.2, 0) is 0 Å². The number of amides is 1. The first-order chi connectivity index (χ1) is 11.0. The van der Waals surface area contributed by atoms with Crippen LogP contribution in [0.25, 0.3) is 11.5 Å². The summed E-state index contributed by atoms with van der Waals surface area (Å²) < 4.78 is 5.58. The first kappa shape index (κ1) is 15.6. The van der Waals surface area contributed by atoms with Crippen LogP contribution in [0.5, 0.6) is 0 Å². The Hall–Kier alpha value is -2.30. The highest BCUT2D eigenvalue weighted by molar-refractivity contribution is 6.36. The SMILES string of the molecule is Cc1oc(-c2ccccc2)nc1C(=O)Nc1ccc(Cl)cc1Cl. The standard InChI is InChI=1S/C17H12Cl2N2O2/c1-10-15(21-17(23-10)11-5-3-2-4-6-11)16(22)20-14-8-7-12(18)9-13(14)19/h2-9H,1H3,(H,20,22). The number of anilines is 1. The van der Waals surface area contributed by atoms with Crippen LogP contribution in [0.3, 0.4) is 0 Å². The van der Waals surface area contributed by atoms with Crippen LogP contribution in [0.4, 0.5) is 5.69 Å². The number of carbonyl (C=O) groups excluding carboxylic acids is 1. The molecule has 4 nitrogen and oxygen atoms in total. The molecule has 0 atom stereocenters. The summed E-state index contributed by atoms with van der Waals surface area (Å²) >= 11 is 11.9. The predicted molar refractivity (Wildman–Crippen MR) is 91.1 cm³/mol. The molecule has 0 radical (unpaired) electrons. The van der Waals surface area contributed by atoms with Crippen molar-refractivity contribution in [1.82, 2.24) is 4.98 Å². The maximum absolute atomic E-state index is 12.4. The van der Waals surface area contributed by atoms with Gasteiger partial charge in [-0.2, -0.15) is 0 Å². The van der Waals surface area contributed by atoms with E-state index in [1.54, 1.807) is 25.1 Å². The van der Waals surface area contributed by atoms with Crippen LogP contribution in [-0.4, -0.2) is 10.9 Å². The van der Waals surface area contributed by atoms with Gasteiger partial charge in [0, 0.05) is 10.6 Å². The van der Waals surface area contributed by atoms with E-state index in [1.165, 1.54) is 0 Å². The smallest absolute Gasteiger partial charge is 0.277 e. The summed E-state index contributed by atoms with van der Waals surface area (Å²) in [5.74, 6) is 0.444. The molecule has 0 spiro atoms. The van der Waals surface area contributed by atoms with Crippen molar-refractivity contribution in [2.75, 3.05) is 5.32 Å². The number of aromatic nitrogens is 1. The Labute approximate surface area is 143 Å². The third kappa shape index (κ3) is 3.38. The van der Waals surface area contributed by atoms with E-state index in [0.717, 1.165) is 5.56 Å². The van der Waals surface area contributed by atoms with Crippen molar-refractivity contribution in [3.63, 3.8) is 0 Å². The molecule has 2 aromatic carbocycles. The lowest BCUT2D eigenvalue weighted by Crippen LogP contribution is -2.13. The van der Waals surface area contributed by atoms with Crippen molar-refractivity contribution >= 4 is 34.8 Å². The van der Waals surface area contributed by atoms with Crippen molar-refractivity contribution < 1.29 is 9.21 Å². The highest BCUT2D eigenvalue weighted by Gasteiger charge is 2.19. The summed E-state index contributed by atoms with van der Waals surface area (Å²) in [5.41, 5.74) is 1.48. The minimum Gasteiger partial charge on any atom is -0.441 e. The highest BCUT2D eigenvalue weighted by atomic mass is 35.5. The van der Waals surface area contributed by atoms with Gasteiger partial charge in [-0.15, -0.1) is 0 Å². The van der Waals surface area contributed by atoms with Crippen LogP contribution in [0.1, 0.15) is 16.2 Å². The second-order valence-electron chi connectivity index (χ2n) is 4.87. The van der Waals surface area contributed by atoms with Crippen molar-refractivity contribution in [2.45, 2.75) is 6.92 Å². The van der Waals surface area contributed by atoms with E-state index in [1.807, 2.05) is 30.3 Å². The Morgan fingerprint density at radius 2 is 1.87 bits per heavy atom. The van der Waals surface area contributed by atoms with Gasteiger partial charge in [-0.05, 0) is 37.3 Å². The summed E-state index contributed by atoms with van der Waals surface area (Å²) in [4.78, 5) is 16.7. The predicted octanol–water partition coefficient (Wildman–Crippen LogP) is 5.21. The van der Waals surface area contributed by atoms with Gasteiger partial charge in [-0.1, -0.05) is 41.4 Å². The minimum absolute atomic E-state index is 0.217. The van der Waals surface area contributed by atoms with Gasteiger partial charge < -0.3 is 9.73 Å². The summed E-state index contributed by atoms with van der Waals surface area (Å²) in [7, 11) is 0. The van der Waals surface area contributed by atoms with Crippen molar-refractivity contribution in [2.24, 2.45) is 0 Å². The number of oxazole rings is 1. The summed E-state index contributed by atoms with van der Waals surface area (Å²) in [5, 5.41) is 3.56. The minimum atomic E-state index is -0.391. The normalized spacial score (nSPS) is 10.6. The molecule has 6 heteroatoms. The number of halogens is 2. The van der Waals surface area contributed by atoms with Gasteiger partial charge in [0.1, 0.15) is 5.76 Å². The Morgan fingerprint density at radius 1 is 1.13 bits per heavy atom. The maximum Gasteiger partial charge on any atom is 0.277 e. The zero-order valence-electron chi connectivity index (χ0n) is 12.1. The van der Waals surface area contributed by atoms with Crippen molar-refractivity contribution in [1.29, 1.82) is 0 Å². The molecule has 3 rings (SSSR count). The van der Waals surface area contributed by atoms with E-state index < -0.39 is 5.91 Å². The van der Waals surface area contributed by atoms with Gasteiger partial charge in [0.15, 0.2) is 5.69 Å². The van der Waals surface area contributed by atoms with E-state index in [2.05, 4.69) is 10.3 Å². The molecule has 3 aromatic rings. The fourth-order valence-corrected chi connectivity index (χ4v) is 2.54. The number of nitrogens with one attached hydrogen (secondary N) is 1. The fourth-order valence-electron chi connectivity index (χ4n) is 2.08. The number of nitrogens with zero attached hydrogens (tertiary/aromatic N) is 1.